The van der Waals surface area contributed by atoms with Crippen molar-refractivity contribution in [1.29, 1.82) is 0 Å². The fourth-order valence-corrected chi connectivity index (χ4v) is 2.89. The topological polar surface area (TPSA) is 30.5 Å². The molecule has 3 nitrogen and oxygen atoms in total. The average molecular weight is 279 g/mol. The van der Waals surface area contributed by atoms with Gasteiger partial charge in [0, 0.05) is 25.1 Å². The van der Waals surface area contributed by atoms with Crippen molar-refractivity contribution >= 4 is 0 Å². The van der Waals surface area contributed by atoms with Gasteiger partial charge in [-0.2, -0.15) is 0 Å². The van der Waals surface area contributed by atoms with Crippen LogP contribution in [0.5, 0.6) is 5.75 Å². The second kappa shape index (κ2) is 6.10. The molecule has 1 saturated heterocycles. The third-order valence-corrected chi connectivity index (χ3v) is 4.20. The van der Waals surface area contributed by atoms with Crippen LogP contribution in [0.1, 0.15) is 37.4 Å². The Morgan fingerprint density at radius 1 is 1.35 bits per heavy atom. The molecule has 0 radical (unpaired) electrons. The summed E-state index contributed by atoms with van der Waals surface area (Å²) in [5.41, 5.74) is 0.922. The second-order valence-corrected chi connectivity index (χ2v) is 5.77. The molecule has 0 spiro atoms. The molecular formula is C16H22FNO2. The van der Waals surface area contributed by atoms with Gasteiger partial charge in [-0.15, -0.1) is 0 Å². The van der Waals surface area contributed by atoms with E-state index in [2.05, 4.69) is 5.32 Å². The van der Waals surface area contributed by atoms with Gasteiger partial charge in [0.25, 0.3) is 0 Å². The predicted molar refractivity (Wildman–Crippen MR) is 75.4 cm³/mol. The number of hydrogen-bond acceptors (Lipinski definition) is 3. The normalized spacial score (nSPS) is 26.5. The van der Waals surface area contributed by atoms with Crippen molar-refractivity contribution in [2.75, 3.05) is 20.3 Å². The Morgan fingerprint density at radius 2 is 2.20 bits per heavy atom. The summed E-state index contributed by atoms with van der Waals surface area (Å²) in [6.07, 6.45) is 4.80. The minimum absolute atomic E-state index is 0.00425. The number of benzene rings is 1. The standard InChI is InChI=1S/C16H22FNO2/c1-19-15-7-4-11(9-14(15)17)16-12(3-2-8-20-16)10-18-13-5-6-13/h4,7,9,12-13,16,18H,2-3,5-6,8,10H2,1H3. The van der Waals surface area contributed by atoms with Crippen LogP contribution in [-0.4, -0.2) is 26.3 Å². The molecule has 2 fully saturated rings. The first-order valence-electron chi connectivity index (χ1n) is 7.46. The van der Waals surface area contributed by atoms with E-state index in [0.29, 0.717) is 12.0 Å². The van der Waals surface area contributed by atoms with Crippen molar-refractivity contribution in [3.8, 4) is 5.75 Å². The molecule has 1 heterocycles. The van der Waals surface area contributed by atoms with Crippen molar-refractivity contribution in [3.63, 3.8) is 0 Å². The molecule has 0 aromatic heterocycles. The molecule has 2 atom stereocenters. The van der Waals surface area contributed by atoms with Crippen molar-refractivity contribution in [2.45, 2.75) is 37.8 Å². The molecule has 1 aromatic carbocycles. The first-order valence-corrected chi connectivity index (χ1v) is 7.46. The molecule has 110 valence electrons. The van der Waals surface area contributed by atoms with Gasteiger partial charge in [0.05, 0.1) is 13.2 Å². The summed E-state index contributed by atoms with van der Waals surface area (Å²) >= 11 is 0. The quantitative estimate of drug-likeness (QED) is 0.898. The minimum Gasteiger partial charge on any atom is -0.494 e. The van der Waals surface area contributed by atoms with Crippen LogP contribution in [0.4, 0.5) is 4.39 Å². The minimum atomic E-state index is -0.312. The molecule has 3 rings (SSSR count). The number of nitrogens with one attached hydrogen (secondary N) is 1. The van der Waals surface area contributed by atoms with E-state index in [1.807, 2.05) is 6.07 Å². The SMILES string of the molecule is COc1ccc(C2OCCCC2CNC2CC2)cc1F. The van der Waals surface area contributed by atoms with Crippen LogP contribution in [0.15, 0.2) is 18.2 Å². The van der Waals surface area contributed by atoms with Gasteiger partial charge in [-0.25, -0.2) is 4.39 Å². The van der Waals surface area contributed by atoms with Crippen LogP contribution in [0.3, 0.4) is 0 Å². The van der Waals surface area contributed by atoms with E-state index >= 15 is 0 Å². The lowest BCUT2D eigenvalue weighted by Crippen LogP contribution is -2.33. The highest BCUT2D eigenvalue weighted by atomic mass is 19.1. The molecule has 4 heteroatoms. The van der Waals surface area contributed by atoms with E-state index in [-0.39, 0.29) is 17.7 Å². The van der Waals surface area contributed by atoms with Gasteiger partial charge in [0.15, 0.2) is 11.6 Å². The lowest BCUT2D eigenvalue weighted by molar-refractivity contribution is -0.0280. The van der Waals surface area contributed by atoms with Crippen molar-refractivity contribution in [1.82, 2.24) is 5.32 Å². The van der Waals surface area contributed by atoms with Gasteiger partial charge in [-0.1, -0.05) is 6.07 Å². The van der Waals surface area contributed by atoms with Gasteiger partial charge in [0.2, 0.25) is 0 Å². The zero-order valence-corrected chi connectivity index (χ0v) is 11.9. The van der Waals surface area contributed by atoms with Crippen molar-refractivity contribution in [3.05, 3.63) is 29.6 Å². The van der Waals surface area contributed by atoms with E-state index in [9.17, 15) is 4.39 Å². The summed E-state index contributed by atoms with van der Waals surface area (Å²) < 4.78 is 24.7. The summed E-state index contributed by atoms with van der Waals surface area (Å²) in [4.78, 5) is 0. The van der Waals surface area contributed by atoms with Crippen molar-refractivity contribution < 1.29 is 13.9 Å². The second-order valence-electron chi connectivity index (χ2n) is 5.77. The highest BCUT2D eigenvalue weighted by Gasteiger charge is 2.30. The summed E-state index contributed by atoms with van der Waals surface area (Å²) in [6, 6.07) is 5.86. The maximum atomic E-state index is 13.9. The highest BCUT2D eigenvalue weighted by Crippen LogP contribution is 2.35. The molecule has 1 aromatic rings. The van der Waals surface area contributed by atoms with Gasteiger partial charge < -0.3 is 14.8 Å². The van der Waals surface area contributed by atoms with Crippen LogP contribution >= 0.6 is 0 Å². The lowest BCUT2D eigenvalue weighted by Gasteiger charge is -2.32. The Labute approximate surface area is 119 Å². The molecule has 2 aliphatic rings. The van der Waals surface area contributed by atoms with Crippen LogP contribution in [0.25, 0.3) is 0 Å². The molecule has 1 aliphatic heterocycles. The smallest absolute Gasteiger partial charge is 0.165 e. The number of halogens is 1. The third kappa shape index (κ3) is 3.13. The molecule has 20 heavy (non-hydrogen) atoms. The number of hydrogen-bond donors (Lipinski definition) is 1. The maximum absolute atomic E-state index is 13.9. The average Bonchev–Trinajstić information content (AvgIpc) is 3.29. The lowest BCUT2D eigenvalue weighted by atomic mass is 9.89. The zero-order chi connectivity index (χ0) is 13.9. The Kier molecular flexibility index (Phi) is 4.22. The number of rotatable bonds is 5. The summed E-state index contributed by atoms with van der Waals surface area (Å²) in [5, 5.41) is 3.56. The van der Waals surface area contributed by atoms with Gasteiger partial charge in [-0.3, -0.25) is 0 Å². The molecule has 1 aliphatic carbocycles. The Hall–Kier alpha value is -1.13. The number of methoxy groups -OCH3 is 1. The summed E-state index contributed by atoms with van der Waals surface area (Å²) in [5.74, 6) is 0.405. The summed E-state index contributed by atoms with van der Waals surface area (Å²) in [7, 11) is 1.48. The Bertz CT molecular complexity index is 462. The van der Waals surface area contributed by atoms with E-state index < -0.39 is 0 Å². The number of ether oxygens (including phenoxy) is 2. The van der Waals surface area contributed by atoms with Crippen LogP contribution in [0, 0.1) is 11.7 Å². The molecule has 1 saturated carbocycles. The Morgan fingerprint density at radius 3 is 2.90 bits per heavy atom. The van der Waals surface area contributed by atoms with E-state index in [1.165, 1.54) is 20.0 Å². The van der Waals surface area contributed by atoms with Gasteiger partial charge >= 0.3 is 0 Å². The first-order chi connectivity index (χ1) is 9.78. The van der Waals surface area contributed by atoms with Gasteiger partial charge in [0.1, 0.15) is 0 Å². The largest absolute Gasteiger partial charge is 0.494 e. The highest BCUT2D eigenvalue weighted by molar-refractivity contribution is 5.31. The molecule has 0 amide bonds. The first kappa shape index (κ1) is 13.8. The molecule has 0 bridgehead atoms. The van der Waals surface area contributed by atoms with Crippen molar-refractivity contribution in [2.24, 2.45) is 5.92 Å². The van der Waals surface area contributed by atoms with Crippen LogP contribution < -0.4 is 10.1 Å². The van der Waals surface area contributed by atoms with Crippen LogP contribution in [-0.2, 0) is 4.74 Å². The predicted octanol–water partition coefficient (Wildman–Crippen LogP) is 3.05. The maximum Gasteiger partial charge on any atom is 0.165 e. The zero-order valence-electron chi connectivity index (χ0n) is 11.9. The fraction of sp³-hybridized carbons (Fsp3) is 0.625. The molecular weight excluding hydrogens is 257 g/mol. The van der Waals surface area contributed by atoms with E-state index in [0.717, 1.165) is 31.6 Å². The molecule has 1 N–H and O–H groups in total. The summed E-state index contributed by atoms with van der Waals surface area (Å²) in [6.45, 7) is 1.72. The molecule has 2 unspecified atom stereocenters. The Balaban J connectivity index is 1.72. The van der Waals surface area contributed by atoms with Gasteiger partial charge in [-0.05, 0) is 43.4 Å². The van der Waals surface area contributed by atoms with E-state index in [4.69, 9.17) is 9.47 Å². The fourth-order valence-electron chi connectivity index (χ4n) is 2.89. The third-order valence-electron chi connectivity index (χ3n) is 4.20. The van der Waals surface area contributed by atoms with E-state index in [1.54, 1.807) is 12.1 Å². The monoisotopic (exact) mass is 279 g/mol. The van der Waals surface area contributed by atoms with Crippen LogP contribution in [0.2, 0.25) is 0 Å².